The van der Waals surface area contributed by atoms with Crippen LogP contribution in [0, 0.1) is 11.8 Å². The molecule has 4 heteroatoms. The van der Waals surface area contributed by atoms with Gasteiger partial charge in [-0.25, -0.2) is 0 Å². The van der Waals surface area contributed by atoms with Gasteiger partial charge in [-0.1, -0.05) is 11.8 Å². The van der Waals surface area contributed by atoms with Crippen molar-refractivity contribution in [3.63, 3.8) is 0 Å². The molecule has 0 radical (unpaired) electrons. The van der Waals surface area contributed by atoms with Crippen molar-refractivity contribution in [1.29, 1.82) is 0 Å². The summed E-state index contributed by atoms with van der Waals surface area (Å²) in [5.74, 6) is 7.25. The first kappa shape index (κ1) is 14.0. The lowest BCUT2D eigenvalue weighted by Gasteiger charge is -2.16. The summed E-state index contributed by atoms with van der Waals surface area (Å²) in [7, 11) is 1.79. The number of carbonyl (C=O) groups excluding carboxylic acids is 1. The largest absolute Gasteiger partial charge is 0.491 e. The Morgan fingerprint density at radius 3 is 2.90 bits per heavy atom. The maximum absolute atomic E-state index is 11.9. The van der Waals surface area contributed by atoms with Crippen LogP contribution in [0.25, 0.3) is 0 Å². The highest BCUT2D eigenvalue weighted by Gasteiger charge is 2.19. The number of benzene rings is 1. The summed E-state index contributed by atoms with van der Waals surface area (Å²) in [6.45, 7) is 3.58. The molecule has 4 nitrogen and oxygen atoms in total. The fraction of sp³-hybridized carbons (Fsp3) is 0.471. The fourth-order valence-electron chi connectivity index (χ4n) is 2.72. The van der Waals surface area contributed by atoms with E-state index in [9.17, 15) is 4.79 Å². The fourth-order valence-corrected chi connectivity index (χ4v) is 2.72. The van der Waals surface area contributed by atoms with Gasteiger partial charge in [0.15, 0.2) is 0 Å². The van der Waals surface area contributed by atoms with Crippen LogP contribution in [-0.4, -0.2) is 44.1 Å². The minimum absolute atomic E-state index is 0.0796. The molecule has 1 aromatic carbocycles. The summed E-state index contributed by atoms with van der Waals surface area (Å²) >= 11 is 0. The molecule has 2 aliphatic rings. The summed E-state index contributed by atoms with van der Waals surface area (Å²) in [5, 5.41) is 0. The molecule has 0 bridgehead atoms. The Kier molecular flexibility index (Phi) is 4.12. The zero-order valence-electron chi connectivity index (χ0n) is 12.4. The zero-order chi connectivity index (χ0) is 14.7. The van der Waals surface area contributed by atoms with Crippen LogP contribution in [0.3, 0.4) is 0 Å². The van der Waals surface area contributed by atoms with Gasteiger partial charge >= 0.3 is 0 Å². The molecule has 0 N–H and O–H groups in total. The Bertz CT molecular complexity index is 595. The number of carbonyl (C=O) groups is 1. The third kappa shape index (κ3) is 3.20. The molecule has 1 fully saturated rings. The molecule has 110 valence electrons. The van der Waals surface area contributed by atoms with Crippen LogP contribution in [0.15, 0.2) is 18.2 Å². The number of hydrogen-bond donors (Lipinski definition) is 0. The number of hydrogen-bond acceptors (Lipinski definition) is 3. The number of rotatable bonds is 1. The zero-order valence-corrected chi connectivity index (χ0v) is 12.4. The van der Waals surface area contributed by atoms with Gasteiger partial charge in [0.05, 0.1) is 25.3 Å². The molecule has 2 aliphatic heterocycles. The quantitative estimate of drug-likeness (QED) is 0.738. The van der Waals surface area contributed by atoms with Gasteiger partial charge in [0.1, 0.15) is 5.75 Å². The second-order valence-electron chi connectivity index (χ2n) is 5.52. The lowest BCUT2D eigenvalue weighted by atomic mass is 10.1. The van der Waals surface area contributed by atoms with Gasteiger partial charge in [0.25, 0.3) is 0 Å². The maximum Gasteiger partial charge on any atom is 0.230 e. The highest BCUT2D eigenvalue weighted by atomic mass is 16.5. The van der Waals surface area contributed by atoms with Gasteiger partial charge in [0, 0.05) is 12.6 Å². The second-order valence-corrected chi connectivity index (χ2v) is 5.52. The molecule has 1 saturated heterocycles. The van der Waals surface area contributed by atoms with Crippen molar-refractivity contribution >= 4 is 11.6 Å². The number of ether oxygens (including phenoxy) is 1. The summed E-state index contributed by atoms with van der Waals surface area (Å²) in [6.07, 6.45) is 2.98. The third-order valence-electron chi connectivity index (χ3n) is 4.00. The van der Waals surface area contributed by atoms with Crippen molar-refractivity contribution < 1.29 is 9.53 Å². The summed E-state index contributed by atoms with van der Waals surface area (Å²) in [5.41, 5.74) is 1.74. The Balaban J connectivity index is 1.77. The SMILES string of the molecule is CN1C(=O)CCOc2ccc(C#CCN3CCCC3)cc21. The normalized spacial score (nSPS) is 18.5. The van der Waals surface area contributed by atoms with Crippen molar-refractivity contribution in [2.75, 3.05) is 38.2 Å². The van der Waals surface area contributed by atoms with E-state index in [4.69, 9.17) is 4.74 Å². The monoisotopic (exact) mass is 284 g/mol. The van der Waals surface area contributed by atoms with Gasteiger partial charge in [0.2, 0.25) is 5.91 Å². The second kappa shape index (κ2) is 6.19. The predicted molar refractivity (Wildman–Crippen MR) is 82.5 cm³/mol. The molecule has 1 aromatic rings. The van der Waals surface area contributed by atoms with Crippen LogP contribution in [0.4, 0.5) is 5.69 Å². The number of nitrogens with zero attached hydrogens (tertiary/aromatic N) is 2. The van der Waals surface area contributed by atoms with Gasteiger partial charge in [-0.2, -0.15) is 0 Å². The molecule has 0 aromatic heterocycles. The Labute approximate surface area is 125 Å². The minimum Gasteiger partial charge on any atom is -0.491 e. The number of anilines is 1. The van der Waals surface area contributed by atoms with Crippen LogP contribution in [0.5, 0.6) is 5.75 Å². The van der Waals surface area contributed by atoms with Gasteiger partial charge in [-0.05, 0) is 44.1 Å². The highest BCUT2D eigenvalue weighted by Crippen LogP contribution is 2.31. The first-order chi connectivity index (χ1) is 10.2. The van der Waals surface area contributed by atoms with Crippen molar-refractivity contribution in [1.82, 2.24) is 4.90 Å². The van der Waals surface area contributed by atoms with E-state index < -0.39 is 0 Å². The topological polar surface area (TPSA) is 32.8 Å². The average molecular weight is 284 g/mol. The van der Waals surface area contributed by atoms with Crippen LogP contribution >= 0.6 is 0 Å². The summed E-state index contributed by atoms with van der Waals surface area (Å²) in [6, 6.07) is 5.80. The van der Waals surface area contributed by atoms with E-state index in [0.29, 0.717) is 13.0 Å². The van der Waals surface area contributed by atoms with E-state index in [-0.39, 0.29) is 5.91 Å². The van der Waals surface area contributed by atoms with Crippen LogP contribution in [0.1, 0.15) is 24.8 Å². The number of fused-ring (bicyclic) bond motifs is 1. The minimum atomic E-state index is 0.0796. The smallest absolute Gasteiger partial charge is 0.230 e. The van der Waals surface area contributed by atoms with E-state index in [2.05, 4.69) is 16.7 Å². The molecule has 3 rings (SSSR count). The molecule has 0 saturated carbocycles. The average Bonchev–Trinajstić information content (AvgIpc) is 2.96. The van der Waals surface area contributed by atoms with Crippen LogP contribution in [0.2, 0.25) is 0 Å². The number of likely N-dealkylation sites (tertiary alicyclic amines) is 1. The molecular formula is C17H20N2O2. The van der Waals surface area contributed by atoms with E-state index in [1.807, 2.05) is 18.2 Å². The van der Waals surface area contributed by atoms with Crippen molar-refractivity contribution in [2.45, 2.75) is 19.3 Å². The van der Waals surface area contributed by atoms with E-state index >= 15 is 0 Å². The standard InChI is InChI=1S/C17H20N2O2/c1-18-15-13-14(5-4-11-19-9-2-3-10-19)6-7-16(15)21-12-8-17(18)20/h6-7,13H,2-3,8-12H2,1H3. The highest BCUT2D eigenvalue weighted by molar-refractivity contribution is 5.95. The predicted octanol–water partition coefficient (Wildman–Crippen LogP) is 1.88. The Hall–Kier alpha value is -1.99. The molecule has 2 heterocycles. The number of amides is 1. The van der Waals surface area contributed by atoms with E-state index in [0.717, 1.165) is 36.6 Å². The lowest BCUT2D eigenvalue weighted by molar-refractivity contribution is -0.118. The summed E-state index contributed by atoms with van der Waals surface area (Å²) < 4.78 is 5.61. The summed E-state index contributed by atoms with van der Waals surface area (Å²) in [4.78, 5) is 15.9. The van der Waals surface area contributed by atoms with Crippen molar-refractivity contribution in [3.8, 4) is 17.6 Å². The Morgan fingerprint density at radius 1 is 1.29 bits per heavy atom. The third-order valence-corrected chi connectivity index (χ3v) is 4.00. The van der Waals surface area contributed by atoms with E-state index in [1.54, 1.807) is 11.9 Å². The van der Waals surface area contributed by atoms with E-state index in [1.165, 1.54) is 12.8 Å². The lowest BCUT2D eigenvalue weighted by Crippen LogP contribution is -2.25. The van der Waals surface area contributed by atoms with Crippen molar-refractivity contribution in [3.05, 3.63) is 23.8 Å². The molecule has 0 spiro atoms. The van der Waals surface area contributed by atoms with Gasteiger partial charge < -0.3 is 9.64 Å². The molecule has 0 unspecified atom stereocenters. The van der Waals surface area contributed by atoms with Crippen LogP contribution in [-0.2, 0) is 4.79 Å². The maximum atomic E-state index is 11.9. The molecule has 0 atom stereocenters. The Morgan fingerprint density at radius 2 is 2.10 bits per heavy atom. The first-order valence-electron chi connectivity index (χ1n) is 7.49. The van der Waals surface area contributed by atoms with Gasteiger partial charge in [-0.3, -0.25) is 9.69 Å². The first-order valence-corrected chi connectivity index (χ1v) is 7.49. The van der Waals surface area contributed by atoms with Crippen molar-refractivity contribution in [2.24, 2.45) is 0 Å². The molecule has 1 amide bonds. The van der Waals surface area contributed by atoms with Crippen LogP contribution < -0.4 is 9.64 Å². The molecular weight excluding hydrogens is 264 g/mol. The molecule has 0 aliphatic carbocycles. The van der Waals surface area contributed by atoms with Gasteiger partial charge in [-0.15, -0.1) is 0 Å². The molecule has 21 heavy (non-hydrogen) atoms.